The van der Waals surface area contributed by atoms with Crippen LogP contribution in [0.2, 0.25) is 0 Å². The standard InChI is InChI=1S/C18H20FN7OS/c1-10-24-25-17(28-10)14-4-3-11-8-21-16(7-15(11)22-14)23-18(27)26-6-5-13(20-2)12(19)9-26/h3-4,7-8,12-13,20H,5-6,9H2,1-2H3,(H,21,23,27)/t12-,13-/m1/s1. The highest BCUT2D eigenvalue weighted by molar-refractivity contribution is 7.14. The fraction of sp³-hybridized carbons (Fsp3) is 0.389. The molecule has 1 saturated heterocycles. The van der Waals surface area contributed by atoms with E-state index in [0.717, 1.165) is 21.1 Å². The zero-order chi connectivity index (χ0) is 19.7. The van der Waals surface area contributed by atoms with Crippen LogP contribution in [0.15, 0.2) is 24.4 Å². The number of nitrogens with one attached hydrogen (secondary N) is 2. The van der Waals surface area contributed by atoms with E-state index in [9.17, 15) is 9.18 Å². The summed E-state index contributed by atoms with van der Waals surface area (Å²) in [5.74, 6) is 0.377. The second-order valence-electron chi connectivity index (χ2n) is 6.66. The van der Waals surface area contributed by atoms with Crippen LogP contribution in [0.1, 0.15) is 11.4 Å². The molecule has 0 unspecified atom stereocenters. The van der Waals surface area contributed by atoms with Crippen LogP contribution in [-0.2, 0) is 0 Å². The van der Waals surface area contributed by atoms with Gasteiger partial charge in [0, 0.05) is 30.2 Å². The van der Waals surface area contributed by atoms with Gasteiger partial charge in [0.15, 0.2) is 5.01 Å². The van der Waals surface area contributed by atoms with Crippen molar-refractivity contribution in [1.29, 1.82) is 0 Å². The van der Waals surface area contributed by atoms with E-state index >= 15 is 0 Å². The number of hydrogen-bond donors (Lipinski definition) is 2. The SMILES string of the molecule is CN[C@@H]1CCN(C(=O)Nc2cc3nc(-c4nnc(C)s4)ccc3cn2)C[C@H]1F. The first-order valence-electron chi connectivity index (χ1n) is 8.98. The molecule has 28 heavy (non-hydrogen) atoms. The van der Waals surface area contributed by atoms with Crippen molar-refractivity contribution in [2.45, 2.75) is 25.6 Å². The molecule has 2 amide bonds. The molecule has 4 heterocycles. The maximum absolute atomic E-state index is 14.1. The fourth-order valence-corrected chi connectivity index (χ4v) is 3.87. The van der Waals surface area contributed by atoms with Crippen LogP contribution in [-0.4, -0.2) is 63.4 Å². The van der Waals surface area contributed by atoms with Crippen molar-refractivity contribution in [2.75, 3.05) is 25.5 Å². The third-order valence-corrected chi connectivity index (χ3v) is 5.61. The van der Waals surface area contributed by atoms with Crippen LogP contribution < -0.4 is 10.6 Å². The summed E-state index contributed by atoms with van der Waals surface area (Å²) in [6, 6.07) is 4.91. The Hall–Kier alpha value is -2.72. The molecular weight excluding hydrogens is 381 g/mol. The number of rotatable bonds is 3. The lowest BCUT2D eigenvalue weighted by Crippen LogP contribution is -2.52. The summed E-state index contributed by atoms with van der Waals surface area (Å²) >= 11 is 1.47. The highest BCUT2D eigenvalue weighted by Gasteiger charge is 2.30. The third kappa shape index (κ3) is 3.78. The van der Waals surface area contributed by atoms with Crippen molar-refractivity contribution < 1.29 is 9.18 Å². The normalized spacial score (nSPS) is 19.8. The molecule has 2 N–H and O–H groups in total. The number of aryl methyl sites for hydroxylation is 1. The second kappa shape index (κ2) is 7.72. The third-order valence-electron chi connectivity index (χ3n) is 4.75. The van der Waals surface area contributed by atoms with Gasteiger partial charge in [-0.3, -0.25) is 5.32 Å². The number of piperidine rings is 1. The van der Waals surface area contributed by atoms with Crippen molar-refractivity contribution >= 4 is 34.1 Å². The number of halogens is 1. The Morgan fingerprint density at radius 1 is 1.36 bits per heavy atom. The number of hydrogen-bond acceptors (Lipinski definition) is 7. The number of nitrogens with zero attached hydrogens (tertiary/aromatic N) is 5. The van der Waals surface area contributed by atoms with Gasteiger partial charge in [-0.1, -0.05) is 11.3 Å². The molecule has 2 atom stereocenters. The Kier molecular flexibility index (Phi) is 5.14. The summed E-state index contributed by atoms with van der Waals surface area (Å²) < 4.78 is 14.1. The summed E-state index contributed by atoms with van der Waals surface area (Å²) in [7, 11) is 1.73. The van der Waals surface area contributed by atoms with Crippen molar-refractivity contribution in [3.8, 4) is 10.7 Å². The van der Waals surface area contributed by atoms with Gasteiger partial charge in [-0.05, 0) is 32.5 Å². The van der Waals surface area contributed by atoms with E-state index in [-0.39, 0.29) is 18.6 Å². The Labute approximate surface area is 165 Å². The van der Waals surface area contributed by atoms with Crippen LogP contribution in [0.3, 0.4) is 0 Å². The minimum Gasteiger partial charge on any atom is -0.321 e. The first-order valence-corrected chi connectivity index (χ1v) is 9.79. The van der Waals surface area contributed by atoms with Gasteiger partial charge in [0.2, 0.25) is 0 Å². The van der Waals surface area contributed by atoms with Gasteiger partial charge >= 0.3 is 6.03 Å². The number of aromatic nitrogens is 4. The van der Waals surface area contributed by atoms with Gasteiger partial charge in [-0.2, -0.15) is 0 Å². The first-order chi connectivity index (χ1) is 13.5. The van der Waals surface area contributed by atoms with E-state index in [1.54, 1.807) is 19.3 Å². The van der Waals surface area contributed by atoms with E-state index in [1.165, 1.54) is 16.2 Å². The molecule has 0 aromatic carbocycles. The molecule has 1 fully saturated rings. The molecule has 146 valence electrons. The average molecular weight is 401 g/mol. The van der Waals surface area contributed by atoms with Crippen LogP contribution in [0.5, 0.6) is 0 Å². The van der Waals surface area contributed by atoms with Gasteiger partial charge in [0.1, 0.15) is 22.7 Å². The number of amides is 2. The Morgan fingerprint density at radius 3 is 2.93 bits per heavy atom. The molecule has 0 saturated carbocycles. The molecule has 4 rings (SSSR count). The van der Waals surface area contributed by atoms with Crippen molar-refractivity contribution in [3.63, 3.8) is 0 Å². The fourth-order valence-electron chi connectivity index (χ4n) is 3.21. The van der Waals surface area contributed by atoms with E-state index in [4.69, 9.17) is 0 Å². The predicted molar refractivity (Wildman–Crippen MR) is 106 cm³/mol. The number of pyridine rings is 2. The lowest BCUT2D eigenvalue weighted by molar-refractivity contribution is 0.126. The smallest absolute Gasteiger partial charge is 0.321 e. The molecule has 1 aliphatic heterocycles. The minimum absolute atomic E-state index is 0.0592. The molecule has 0 aliphatic carbocycles. The maximum atomic E-state index is 14.1. The molecule has 8 nitrogen and oxygen atoms in total. The molecule has 10 heteroatoms. The highest BCUT2D eigenvalue weighted by atomic mass is 32.1. The zero-order valence-electron chi connectivity index (χ0n) is 15.5. The predicted octanol–water partition coefficient (Wildman–Crippen LogP) is 2.62. The quantitative estimate of drug-likeness (QED) is 0.700. The van der Waals surface area contributed by atoms with Crippen LogP contribution in [0, 0.1) is 6.92 Å². The molecule has 0 spiro atoms. The van der Waals surface area contributed by atoms with E-state index in [2.05, 4.69) is 30.8 Å². The number of carbonyl (C=O) groups is 1. The van der Waals surface area contributed by atoms with Crippen LogP contribution in [0.25, 0.3) is 21.6 Å². The Morgan fingerprint density at radius 2 is 2.21 bits per heavy atom. The Bertz CT molecular complexity index is 1010. The van der Waals surface area contributed by atoms with Crippen molar-refractivity contribution in [2.24, 2.45) is 0 Å². The average Bonchev–Trinajstić information content (AvgIpc) is 3.13. The van der Waals surface area contributed by atoms with E-state index in [1.807, 2.05) is 19.1 Å². The lowest BCUT2D eigenvalue weighted by atomic mass is 10.0. The first kappa shape index (κ1) is 18.6. The number of anilines is 1. The molecule has 3 aromatic heterocycles. The van der Waals surface area contributed by atoms with Gasteiger partial charge in [0.25, 0.3) is 0 Å². The molecule has 3 aromatic rings. The summed E-state index contributed by atoms with van der Waals surface area (Å²) in [5, 5.41) is 16.3. The van der Waals surface area contributed by atoms with Crippen LogP contribution in [0.4, 0.5) is 15.0 Å². The van der Waals surface area contributed by atoms with Crippen LogP contribution >= 0.6 is 11.3 Å². The largest absolute Gasteiger partial charge is 0.323 e. The van der Waals surface area contributed by atoms with E-state index < -0.39 is 6.17 Å². The Balaban J connectivity index is 1.51. The number of fused-ring (bicyclic) bond motifs is 1. The maximum Gasteiger partial charge on any atom is 0.323 e. The van der Waals surface area contributed by atoms with E-state index in [0.29, 0.717) is 24.3 Å². The summed E-state index contributed by atoms with van der Waals surface area (Å²) in [5.41, 5.74) is 1.41. The number of urea groups is 1. The molecule has 1 aliphatic rings. The summed E-state index contributed by atoms with van der Waals surface area (Å²) in [6.45, 7) is 2.44. The second-order valence-corrected chi connectivity index (χ2v) is 7.84. The molecule has 0 bridgehead atoms. The topological polar surface area (TPSA) is 95.9 Å². The van der Waals surface area contributed by atoms with Gasteiger partial charge < -0.3 is 10.2 Å². The lowest BCUT2D eigenvalue weighted by Gasteiger charge is -2.34. The van der Waals surface area contributed by atoms with Gasteiger partial charge in [0.05, 0.1) is 12.1 Å². The number of likely N-dealkylation sites (tertiary alicyclic amines) is 1. The van der Waals surface area contributed by atoms with Crippen molar-refractivity contribution in [1.82, 2.24) is 30.4 Å². The molecular formula is C18H20FN7OS. The van der Waals surface area contributed by atoms with Crippen molar-refractivity contribution in [3.05, 3.63) is 29.4 Å². The van der Waals surface area contributed by atoms with Gasteiger partial charge in [-0.25, -0.2) is 19.2 Å². The number of carbonyl (C=O) groups excluding carboxylic acids is 1. The molecule has 0 radical (unpaired) electrons. The summed E-state index contributed by atoms with van der Waals surface area (Å²) in [4.78, 5) is 22.8. The zero-order valence-corrected chi connectivity index (χ0v) is 16.3. The minimum atomic E-state index is -1.09. The van der Waals surface area contributed by atoms with Gasteiger partial charge in [-0.15, -0.1) is 10.2 Å². The number of alkyl halides is 1. The monoisotopic (exact) mass is 401 g/mol. The summed E-state index contributed by atoms with van der Waals surface area (Å²) in [6.07, 6.45) is 1.13. The highest BCUT2D eigenvalue weighted by Crippen LogP contribution is 2.24.